The summed E-state index contributed by atoms with van der Waals surface area (Å²) in [5, 5.41) is 5.67. The van der Waals surface area contributed by atoms with E-state index in [9.17, 15) is 13.2 Å². The minimum absolute atomic E-state index is 0.236. The van der Waals surface area contributed by atoms with Crippen LogP contribution in [0, 0.1) is 0 Å². The molecule has 2 rings (SSSR count). The highest BCUT2D eigenvalue weighted by Gasteiger charge is 2.11. The van der Waals surface area contributed by atoms with Crippen LogP contribution in [0.25, 0.3) is 0 Å². The number of anilines is 1. The summed E-state index contributed by atoms with van der Waals surface area (Å²) in [6.07, 6.45) is 1.17. The SMILES string of the molecule is CC(NC(=O)NCc1ccc(N(C)C)cc1)c1ccc(S(C)(=O)=O)cc1. The molecular formula is C19H25N3O3S. The number of urea groups is 1. The second-order valence-electron chi connectivity index (χ2n) is 6.45. The lowest BCUT2D eigenvalue weighted by Gasteiger charge is -2.16. The molecule has 2 aromatic carbocycles. The number of benzene rings is 2. The molecule has 0 radical (unpaired) electrons. The van der Waals surface area contributed by atoms with Gasteiger partial charge in [0.25, 0.3) is 0 Å². The Morgan fingerprint density at radius 3 is 2.12 bits per heavy atom. The van der Waals surface area contributed by atoms with E-state index in [1.54, 1.807) is 24.3 Å². The predicted octanol–water partition coefficient (Wildman–Crippen LogP) is 2.72. The summed E-state index contributed by atoms with van der Waals surface area (Å²) < 4.78 is 23.0. The summed E-state index contributed by atoms with van der Waals surface area (Å²) in [6.45, 7) is 2.28. The van der Waals surface area contributed by atoms with Crippen LogP contribution in [0.1, 0.15) is 24.1 Å². The standard InChI is InChI=1S/C19H25N3O3S/c1-14(16-7-11-18(12-8-16)26(4,24)25)21-19(23)20-13-15-5-9-17(10-6-15)22(2)3/h5-12,14H,13H2,1-4H3,(H2,20,21,23). The van der Waals surface area contributed by atoms with Crippen LogP contribution >= 0.6 is 0 Å². The van der Waals surface area contributed by atoms with Crippen molar-refractivity contribution in [3.63, 3.8) is 0 Å². The van der Waals surface area contributed by atoms with E-state index in [1.165, 1.54) is 6.26 Å². The van der Waals surface area contributed by atoms with E-state index in [-0.39, 0.29) is 17.0 Å². The van der Waals surface area contributed by atoms with Crippen LogP contribution in [0.5, 0.6) is 0 Å². The van der Waals surface area contributed by atoms with Crippen LogP contribution in [0.3, 0.4) is 0 Å². The van der Waals surface area contributed by atoms with Gasteiger partial charge in [-0.25, -0.2) is 13.2 Å². The van der Waals surface area contributed by atoms with Gasteiger partial charge in [-0.05, 0) is 42.3 Å². The fourth-order valence-corrected chi connectivity index (χ4v) is 3.06. The fourth-order valence-electron chi connectivity index (χ4n) is 2.43. The molecule has 0 saturated heterocycles. The fraction of sp³-hybridized carbons (Fsp3) is 0.316. The third-order valence-corrected chi connectivity index (χ3v) is 5.19. The Balaban J connectivity index is 1.88. The Morgan fingerprint density at radius 1 is 1.04 bits per heavy atom. The van der Waals surface area contributed by atoms with Gasteiger partial charge in [-0.1, -0.05) is 24.3 Å². The summed E-state index contributed by atoms with van der Waals surface area (Å²) >= 11 is 0. The first-order valence-electron chi connectivity index (χ1n) is 8.27. The van der Waals surface area contributed by atoms with E-state index in [4.69, 9.17) is 0 Å². The normalized spacial score (nSPS) is 12.3. The third kappa shape index (κ3) is 5.49. The number of rotatable bonds is 6. The Labute approximate surface area is 155 Å². The molecule has 2 N–H and O–H groups in total. The summed E-state index contributed by atoms with van der Waals surface area (Å²) in [4.78, 5) is 14.4. The topological polar surface area (TPSA) is 78.5 Å². The van der Waals surface area contributed by atoms with Gasteiger partial charge in [-0.3, -0.25) is 0 Å². The first kappa shape index (κ1) is 19.8. The molecule has 0 aromatic heterocycles. The van der Waals surface area contributed by atoms with Crippen molar-refractivity contribution in [2.45, 2.75) is 24.4 Å². The molecule has 0 aliphatic carbocycles. The van der Waals surface area contributed by atoms with Crippen molar-refractivity contribution >= 4 is 21.6 Å². The zero-order chi connectivity index (χ0) is 19.3. The van der Waals surface area contributed by atoms with Crippen LogP contribution in [-0.4, -0.2) is 34.8 Å². The molecule has 1 unspecified atom stereocenters. The lowest BCUT2D eigenvalue weighted by atomic mass is 10.1. The van der Waals surface area contributed by atoms with Crippen LogP contribution < -0.4 is 15.5 Å². The number of sulfone groups is 1. The third-order valence-electron chi connectivity index (χ3n) is 4.06. The Bertz CT molecular complexity index is 845. The summed E-state index contributed by atoms with van der Waals surface area (Å²) in [6, 6.07) is 14.0. The van der Waals surface area contributed by atoms with Crippen molar-refractivity contribution in [2.24, 2.45) is 0 Å². The highest BCUT2D eigenvalue weighted by molar-refractivity contribution is 7.90. The summed E-state index contributed by atoms with van der Waals surface area (Å²) in [7, 11) is 0.735. The van der Waals surface area contributed by atoms with E-state index in [0.717, 1.165) is 16.8 Å². The van der Waals surface area contributed by atoms with Crippen molar-refractivity contribution in [1.29, 1.82) is 0 Å². The number of nitrogens with one attached hydrogen (secondary N) is 2. The van der Waals surface area contributed by atoms with E-state index < -0.39 is 9.84 Å². The molecule has 0 saturated carbocycles. The summed E-state index contributed by atoms with van der Waals surface area (Å²) in [5.74, 6) is 0. The maximum Gasteiger partial charge on any atom is 0.315 e. The molecule has 6 nitrogen and oxygen atoms in total. The lowest BCUT2D eigenvalue weighted by molar-refractivity contribution is 0.237. The predicted molar refractivity (Wildman–Crippen MR) is 104 cm³/mol. The monoisotopic (exact) mass is 375 g/mol. The Morgan fingerprint density at radius 2 is 1.62 bits per heavy atom. The van der Waals surface area contributed by atoms with Crippen molar-refractivity contribution in [3.05, 3.63) is 59.7 Å². The molecule has 1 atom stereocenters. The second-order valence-corrected chi connectivity index (χ2v) is 8.47. The molecule has 0 spiro atoms. The van der Waals surface area contributed by atoms with Gasteiger partial charge in [0.1, 0.15) is 0 Å². The average Bonchev–Trinajstić information content (AvgIpc) is 2.59. The highest BCUT2D eigenvalue weighted by atomic mass is 32.2. The first-order chi connectivity index (χ1) is 12.2. The molecular weight excluding hydrogens is 350 g/mol. The number of hydrogen-bond acceptors (Lipinski definition) is 4. The van der Waals surface area contributed by atoms with Crippen LogP contribution in [0.4, 0.5) is 10.5 Å². The molecule has 140 valence electrons. The lowest BCUT2D eigenvalue weighted by Crippen LogP contribution is -2.36. The molecule has 0 bridgehead atoms. The molecule has 26 heavy (non-hydrogen) atoms. The number of carbonyl (C=O) groups is 1. The minimum atomic E-state index is -3.22. The zero-order valence-electron chi connectivity index (χ0n) is 15.5. The molecule has 0 fully saturated rings. The number of carbonyl (C=O) groups excluding carboxylic acids is 1. The summed E-state index contributed by atoms with van der Waals surface area (Å²) in [5.41, 5.74) is 2.95. The van der Waals surface area contributed by atoms with Crippen molar-refractivity contribution in [1.82, 2.24) is 10.6 Å². The Hall–Kier alpha value is -2.54. The molecule has 2 aromatic rings. The van der Waals surface area contributed by atoms with E-state index in [1.807, 2.05) is 50.2 Å². The number of amides is 2. The zero-order valence-corrected chi connectivity index (χ0v) is 16.3. The van der Waals surface area contributed by atoms with Gasteiger partial charge in [0, 0.05) is 32.6 Å². The van der Waals surface area contributed by atoms with Crippen LogP contribution in [0.15, 0.2) is 53.4 Å². The van der Waals surface area contributed by atoms with Crippen molar-refractivity contribution in [3.8, 4) is 0 Å². The van der Waals surface area contributed by atoms with E-state index in [2.05, 4.69) is 10.6 Å². The number of hydrogen-bond donors (Lipinski definition) is 2. The smallest absolute Gasteiger partial charge is 0.315 e. The van der Waals surface area contributed by atoms with Gasteiger partial charge in [-0.2, -0.15) is 0 Å². The molecule has 7 heteroatoms. The van der Waals surface area contributed by atoms with Gasteiger partial charge in [0.05, 0.1) is 10.9 Å². The quantitative estimate of drug-likeness (QED) is 0.814. The number of nitrogens with zero attached hydrogens (tertiary/aromatic N) is 1. The van der Waals surface area contributed by atoms with Crippen LogP contribution in [-0.2, 0) is 16.4 Å². The van der Waals surface area contributed by atoms with Gasteiger partial charge >= 0.3 is 6.03 Å². The maximum atomic E-state index is 12.1. The molecule has 0 aliphatic rings. The van der Waals surface area contributed by atoms with E-state index in [0.29, 0.717) is 6.54 Å². The second kappa shape index (κ2) is 8.23. The molecule has 0 heterocycles. The molecule has 0 aliphatic heterocycles. The first-order valence-corrected chi connectivity index (χ1v) is 10.2. The van der Waals surface area contributed by atoms with Gasteiger partial charge in [0.2, 0.25) is 0 Å². The van der Waals surface area contributed by atoms with Crippen molar-refractivity contribution in [2.75, 3.05) is 25.3 Å². The Kier molecular flexibility index (Phi) is 6.26. The average molecular weight is 375 g/mol. The molecule has 2 amide bonds. The van der Waals surface area contributed by atoms with Gasteiger partial charge < -0.3 is 15.5 Å². The van der Waals surface area contributed by atoms with E-state index >= 15 is 0 Å². The highest BCUT2D eigenvalue weighted by Crippen LogP contribution is 2.16. The minimum Gasteiger partial charge on any atom is -0.378 e. The van der Waals surface area contributed by atoms with Gasteiger partial charge in [-0.15, -0.1) is 0 Å². The van der Waals surface area contributed by atoms with Crippen molar-refractivity contribution < 1.29 is 13.2 Å². The van der Waals surface area contributed by atoms with Gasteiger partial charge in [0.15, 0.2) is 9.84 Å². The maximum absolute atomic E-state index is 12.1. The largest absolute Gasteiger partial charge is 0.378 e. The van der Waals surface area contributed by atoms with Crippen LogP contribution in [0.2, 0.25) is 0 Å².